The van der Waals surface area contributed by atoms with Crippen molar-refractivity contribution in [3.63, 3.8) is 0 Å². The SMILES string of the molecule is CCOC(=O)C=Cc1cc(OC)c(F)cc1N. The number of carbonyl (C=O) groups is 1. The maximum Gasteiger partial charge on any atom is 0.330 e. The molecular formula is C12H14FNO3. The maximum atomic E-state index is 13.2. The van der Waals surface area contributed by atoms with Crippen LogP contribution in [0.1, 0.15) is 12.5 Å². The Bertz CT molecular complexity index is 444. The van der Waals surface area contributed by atoms with Crippen molar-refractivity contribution in [2.75, 3.05) is 19.5 Å². The van der Waals surface area contributed by atoms with Gasteiger partial charge >= 0.3 is 5.97 Å². The lowest BCUT2D eigenvalue weighted by Crippen LogP contribution is -1.99. The third-order valence-electron chi connectivity index (χ3n) is 2.04. The zero-order valence-electron chi connectivity index (χ0n) is 9.70. The van der Waals surface area contributed by atoms with E-state index in [4.69, 9.17) is 15.2 Å². The van der Waals surface area contributed by atoms with Gasteiger partial charge in [0, 0.05) is 23.4 Å². The maximum absolute atomic E-state index is 13.2. The highest BCUT2D eigenvalue weighted by atomic mass is 19.1. The van der Waals surface area contributed by atoms with Gasteiger partial charge in [-0.2, -0.15) is 0 Å². The Kier molecular flexibility index (Phi) is 4.51. The number of halogens is 1. The summed E-state index contributed by atoms with van der Waals surface area (Å²) in [5.41, 5.74) is 6.33. The van der Waals surface area contributed by atoms with Gasteiger partial charge < -0.3 is 15.2 Å². The largest absolute Gasteiger partial charge is 0.494 e. The molecule has 1 rings (SSSR count). The minimum Gasteiger partial charge on any atom is -0.494 e. The molecule has 0 spiro atoms. The van der Waals surface area contributed by atoms with Crippen LogP contribution in [0.5, 0.6) is 5.75 Å². The minimum atomic E-state index is -0.543. The lowest BCUT2D eigenvalue weighted by Gasteiger charge is -2.06. The molecular weight excluding hydrogens is 225 g/mol. The summed E-state index contributed by atoms with van der Waals surface area (Å²) in [5, 5.41) is 0. The number of carbonyl (C=O) groups excluding carboxylic acids is 1. The van der Waals surface area contributed by atoms with Gasteiger partial charge in [-0.1, -0.05) is 0 Å². The van der Waals surface area contributed by atoms with E-state index in [0.717, 1.165) is 6.07 Å². The second kappa shape index (κ2) is 5.89. The summed E-state index contributed by atoms with van der Waals surface area (Å²) in [6.45, 7) is 2.01. The van der Waals surface area contributed by atoms with Crippen molar-refractivity contribution in [3.05, 3.63) is 29.6 Å². The molecule has 0 aliphatic heterocycles. The molecule has 5 heteroatoms. The number of hydrogen-bond acceptors (Lipinski definition) is 4. The molecule has 1 aromatic rings. The second-order valence-electron chi connectivity index (χ2n) is 3.20. The standard InChI is InChI=1S/C12H14FNO3/c1-3-17-12(15)5-4-8-6-11(16-2)9(13)7-10(8)14/h4-7H,3,14H2,1-2H3. The van der Waals surface area contributed by atoms with E-state index in [1.54, 1.807) is 6.92 Å². The predicted molar refractivity (Wildman–Crippen MR) is 63.0 cm³/mol. The summed E-state index contributed by atoms with van der Waals surface area (Å²) in [7, 11) is 1.35. The molecule has 0 aliphatic rings. The number of esters is 1. The fraction of sp³-hybridized carbons (Fsp3) is 0.250. The smallest absolute Gasteiger partial charge is 0.330 e. The van der Waals surface area contributed by atoms with E-state index < -0.39 is 11.8 Å². The highest BCUT2D eigenvalue weighted by Crippen LogP contribution is 2.24. The van der Waals surface area contributed by atoms with Gasteiger partial charge in [0.05, 0.1) is 13.7 Å². The molecule has 0 aromatic heterocycles. The first-order valence-electron chi connectivity index (χ1n) is 5.06. The number of ether oxygens (including phenoxy) is 2. The molecule has 0 saturated carbocycles. The summed E-state index contributed by atoms with van der Waals surface area (Å²) < 4.78 is 22.8. The van der Waals surface area contributed by atoms with Crippen LogP contribution in [-0.4, -0.2) is 19.7 Å². The highest BCUT2D eigenvalue weighted by molar-refractivity contribution is 5.88. The van der Waals surface area contributed by atoms with E-state index in [1.165, 1.54) is 25.3 Å². The Hall–Kier alpha value is -2.04. The molecule has 92 valence electrons. The van der Waals surface area contributed by atoms with Crippen molar-refractivity contribution in [1.82, 2.24) is 0 Å². The van der Waals surface area contributed by atoms with Crippen LogP contribution in [0.15, 0.2) is 18.2 Å². The van der Waals surface area contributed by atoms with Crippen molar-refractivity contribution >= 4 is 17.7 Å². The average Bonchev–Trinajstić information content (AvgIpc) is 2.28. The lowest BCUT2D eigenvalue weighted by molar-refractivity contribution is -0.137. The molecule has 0 unspecified atom stereocenters. The van der Waals surface area contributed by atoms with Gasteiger partial charge in [0.25, 0.3) is 0 Å². The Balaban J connectivity index is 2.94. The second-order valence-corrected chi connectivity index (χ2v) is 3.20. The van der Waals surface area contributed by atoms with Gasteiger partial charge in [0.15, 0.2) is 11.6 Å². The van der Waals surface area contributed by atoms with Crippen LogP contribution in [0.2, 0.25) is 0 Å². The van der Waals surface area contributed by atoms with Crippen LogP contribution in [-0.2, 0) is 9.53 Å². The number of nitrogens with two attached hydrogens (primary N) is 1. The summed E-state index contributed by atoms with van der Waals surface area (Å²) in [5.74, 6) is -0.948. The summed E-state index contributed by atoms with van der Waals surface area (Å²) in [4.78, 5) is 11.1. The lowest BCUT2D eigenvalue weighted by atomic mass is 10.1. The summed E-state index contributed by atoms with van der Waals surface area (Å²) >= 11 is 0. The number of benzene rings is 1. The molecule has 0 fully saturated rings. The van der Waals surface area contributed by atoms with Gasteiger partial charge in [-0.3, -0.25) is 0 Å². The summed E-state index contributed by atoms with van der Waals surface area (Å²) in [6.07, 6.45) is 2.68. The highest BCUT2D eigenvalue weighted by Gasteiger charge is 2.06. The van der Waals surface area contributed by atoms with Crippen LogP contribution in [0.3, 0.4) is 0 Å². The van der Waals surface area contributed by atoms with E-state index in [9.17, 15) is 9.18 Å². The monoisotopic (exact) mass is 239 g/mol. The molecule has 2 N–H and O–H groups in total. The summed E-state index contributed by atoms with van der Waals surface area (Å²) in [6, 6.07) is 2.56. The van der Waals surface area contributed by atoms with Gasteiger partial charge in [0.2, 0.25) is 0 Å². The first-order valence-corrected chi connectivity index (χ1v) is 5.06. The predicted octanol–water partition coefficient (Wildman–Crippen LogP) is 1.99. The number of rotatable bonds is 4. The van der Waals surface area contributed by atoms with Crippen LogP contribution in [0.4, 0.5) is 10.1 Å². The van der Waals surface area contributed by atoms with Crippen molar-refractivity contribution in [2.45, 2.75) is 6.92 Å². The average molecular weight is 239 g/mol. The first-order chi connectivity index (χ1) is 8.08. The number of nitrogen functional groups attached to an aromatic ring is 1. The number of hydrogen-bond donors (Lipinski definition) is 1. The quantitative estimate of drug-likeness (QED) is 0.496. The van der Waals surface area contributed by atoms with Crippen LogP contribution >= 0.6 is 0 Å². The zero-order chi connectivity index (χ0) is 12.8. The molecule has 0 amide bonds. The van der Waals surface area contributed by atoms with E-state index in [1.807, 2.05) is 0 Å². The topological polar surface area (TPSA) is 61.5 Å². The van der Waals surface area contributed by atoms with Crippen LogP contribution in [0.25, 0.3) is 6.08 Å². The number of anilines is 1. The third-order valence-corrected chi connectivity index (χ3v) is 2.04. The molecule has 0 bridgehead atoms. The van der Waals surface area contributed by atoms with E-state index in [-0.39, 0.29) is 11.4 Å². The van der Waals surface area contributed by atoms with Crippen molar-refractivity contribution in [2.24, 2.45) is 0 Å². The normalized spacial score (nSPS) is 10.5. The molecule has 0 radical (unpaired) electrons. The van der Waals surface area contributed by atoms with Crippen molar-refractivity contribution < 1.29 is 18.7 Å². The van der Waals surface area contributed by atoms with Gasteiger partial charge in [0.1, 0.15) is 0 Å². The Morgan fingerprint density at radius 3 is 2.82 bits per heavy atom. The fourth-order valence-electron chi connectivity index (χ4n) is 1.23. The van der Waals surface area contributed by atoms with E-state index in [0.29, 0.717) is 12.2 Å². The van der Waals surface area contributed by atoms with Gasteiger partial charge in [-0.25, -0.2) is 9.18 Å². The molecule has 1 aromatic carbocycles. The Morgan fingerprint density at radius 1 is 1.53 bits per heavy atom. The van der Waals surface area contributed by atoms with Crippen molar-refractivity contribution in [3.8, 4) is 5.75 Å². The van der Waals surface area contributed by atoms with Crippen LogP contribution in [0, 0.1) is 5.82 Å². The van der Waals surface area contributed by atoms with E-state index in [2.05, 4.69) is 0 Å². The Morgan fingerprint density at radius 2 is 2.24 bits per heavy atom. The first kappa shape index (κ1) is 13.0. The van der Waals surface area contributed by atoms with Gasteiger partial charge in [-0.05, 0) is 19.1 Å². The number of methoxy groups -OCH3 is 1. The van der Waals surface area contributed by atoms with Crippen molar-refractivity contribution in [1.29, 1.82) is 0 Å². The minimum absolute atomic E-state index is 0.0720. The third kappa shape index (κ3) is 3.48. The van der Waals surface area contributed by atoms with E-state index >= 15 is 0 Å². The molecule has 0 saturated heterocycles. The van der Waals surface area contributed by atoms with Crippen LogP contribution < -0.4 is 10.5 Å². The van der Waals surface area contributed by atoms with Gasteiger partial charge in [-0.15, -0.1) is 0 Å². The molecule has 0 atom stereocenters. The molecule has 0 heterocycles. The molecule has 17 heavy (non-hydrogen) atoms. The Labute approximate surface area is 98.8 Å². The molecule has 4 nitrogen and oxygen atoms in total. The zero-order valence-corrected chi connectivity index (χ0v) is 9.70. The molecule has 0 aliphatic carbocycles. The fourth-order valence-corrected chi connectivity index (χ4v) is 1.23.